The predicted molar refractivity (Wildman–Crippen MR) is 129 cm³/mol. The highest BCUT2D eigenvalue weighted by Crippen LogP contribution is 2.46. The van der Waals surface area contributed by atoms with Gasteiger partial charge >= 0.3 is 11.9 Å². The second-order valence-corrected chi connectivity index (χ2v) is 7.80. The number of hydrogen-bond donors (Lipinski definition) is 1. The monoisotopic (exact) mass is 479 g/mol. The van der Waals surface area contributed by atoms with E-state index in [1.54, 1.807) is 31.3 Å². The fraction of sp³-hybridized carbons (Fsp3) is 0.385. The molecule has 0 amide bonds. The van der Waals surface area contributed by atoms with Gasteiger partial charge in [-0.3, -0.25) is 4.79 Å². The van der Waals surface area contributed by atoms with E-state index in [-0.39, 0.29) is 19.6 Å². The summed E-state index contributed by atoms with van der Waals surface area (Å²) in [5, 5.41) is 12.7. The molecule has 0 fully saturated rings. The van der Waals surface area contributed by atoms with Crippen molar-refractivity contribution in [2.24, 2.45) is 0 Å². The standard InChI is InChI=1S/C26H29N3O6/c1-6-33-20(30)10-11-35-26(31)21-16(4)29-24-15(3)14-28-25(34-7-2)23(24)22(21)18-9-8-17(13-27)12-19(18)32-5/h8-9,12,14,16,29H,6-7,10-11H2,1-5H3. The fourth-order valence-corrected chi connectivity index (χ4v) is 3.96. The van der Waals surface area contributed by atoms with Crippen LogP contribution in [0, 0.1) is 18.3 Å². The van der Waals surface area contributed by atoms with Gasteiger partial charge in [0.2, 0.25) is 5.88 Å². The second kappa shape index (κ2) is 11.4. The number of rotatable bonds is 9. The number of carbonyl (C=O) groups excluding carboxylic acids is 2. The minimum Gasteiger partial charge on any atom is -0.496 e. The third kappa shape index (κ3) is 5.38. The van der Waals surface area contributed by atoms with Gasteiger partial charge in [-0.05, 0) is 51.5 Å². The number of nitrogens with one attached hydrogen (secondary N) is 1. The van der Waals surface area contributed by atoms with E-state index >= 15 is 0 Å². The van der Waals surface area contributed by atoms with Crippen molar-refractivity contribution in [2.75, 3.05) is 32.2 Å². The summed E-state index contributed by atoms with van der Waals surface area (Å²) in [6.45, 7) is 7.83. The smallest absolute Gasteiger partial charge is 0.336 e. The number of carbonyl (C=O) groups is 2. The summed E-state index contributed by atoms with van der Waals surface area (Å²) in [6, 6.07) is 6.67. The van der Waals surface area contributed by atoms with E-state index in [4.69, 9.17) is 18.9 Å². The molecule has 1 aromatic heterocycles. The van der Waals surface area contributed by atoms with Crippen molar-refractivity contribution in [1.29, 1.82) is 5.26 Å². The summed E-state index contributed by atoms with van der Waals surface area (Å²) >= 11 is 0. The van der Waals surface area contributed by atoms with E-state index in [0.717, 1.165) is 11.3 Å². The third-order valence-corrected chi connectivity index (χ3v) is 5.49. The Labute approximate surface area is 204 Å². The molecule has 9 nitrogen and oxygen atoms in total. The van der Waals surface area contributed by atoms with Gasteiger partial charge in [0.15, 0.2) is 0 Å². The van der Waals surface area contributed by atoms with Crippen LogP contribution in [0.5, 0.6) is 11.6 Å². The summed E-state index contributed by atoms with van der Waals surface area (Å²) in [5.41, 5.74) is 4.12. The molecule has 0 aliphatic carbocycles. The fourth-order valence-electron chi connectivity index (χ4n) is 3.96. The maximum Gasteiger partial charge on any atom is 0.336 e. The van der Waals surface area contributed by atoms with Crippen molar-refractivity contribution < 1.29 is 28.5 Å². The number of anilines is 1. The van der Waals surface area contributed by atoms with Crippen LogP contribution < -0.4 is 14.8 Å². The lowest BCUT2D eigenvalue weighted by Crippen LogP contribution is -2.31. The van der Waals surface area contributed by atoms with Gasteiger partial charge in [-0.15, -0.1) is 0 Å². The van der Waals surface area contributed by atoms with Crippen LogP contribution >= 0.6 is 0 Å². The molecular weight excluding hydrogens is 450 g/mol. The molecule has 35 heavy (non-hydrogen) atoms. The first kappa shape index (κ1) is 25.6. The second-order valence-electron chi connectivity index (χ2n) is 7.80. The molecule has 1 aliphatic rings. The lowest BCUT2D eigenvalue weighted by molar-refractivity contribution is -0.147. The largest absolute Gasteiger partial charge is 0.496 e. The Balaban J connectivity index is 2.22. The van der Waals surface area contributed by atoms with Gasteiger partial charge in [-0.25, -0.2) is 9.78 Å². The first-order valence-corrected chi connectivity index (χ1v) is 11.4. The summed E-state index contributed by atoms with van der Waals surface area (Å²) < 4.78 is 21.9. The maximum absolute atomic E-state index is 13.4. The maximum atomic E-state index is 13.4. The van der Waals surface area contributed by atoms with Crippen LogP contribution in [0.4, 0.5) is 5.69 Å². The van der Waals surface area contributed by atoms with Gasteiger partial charge in [0.25, 0.3) is 0 Å². The lowest BCUT2D eigenvalue weighted by atomic mass is 9.84. The van der Waals surface area contributed by atoms with Crippen LogP contribution in [0.2, 0.25) is 0 Å². The van der Waals surface area contributed by atoms with Crippen LogP contribution in [0.1, 0.15) is 49.4 Å². The quantitative estimate of drug-likeness (QED) is 0.536. The number of methoxy groups -OCH3 is 1. The van der Waals surface area contributed by atoms with Gasteiger partial charge < -0.3 is 24.3 Å². The molecule has 9 heteroatoms. The van der Waals surface area contributed by atoms with Crippen LogP contribution in [0.3, 0.4) is 0 Å². The predicted octanol–water partition coefficient (Wildman–Crippen LogP) is 3.78. The van der Waals surface area contributed by atoms with E-state index in [0.29, 0.717) is 46.1 Å². The Morgan fingerprint density at radius 2 is 1.97 bits per heavy atom. The van der Waals surface area contributed by atoms with Crippen molar-refractivity contribution in [3.63, 3.8) is 0 Å². The summed E-state index contributed by atoms with van der Waals surface area (Å²) in [6.07, 6.45) is 1.66. The Morgan fingerprint density at radius 3 is 2.63 bits per heavy atom. The van der Waals surface area contributed by atoms with Crippen molar-refractivity contribution in [2.45, 2.75) is 40.2 Å². The highest BCUT2D eigenvalue weighted by Gasteiger charge is 2.35. The van der Waals surface area contributed by atoms with Crippen LogP contribution in [0.15, 0.2) is 30.0 Å². The molecular formula is C26H29N3O6. The van der Waals surface area contributed by atoms with Crippen molar-refractivity contribution >= 4 is 23.2 Å². The molecule has 0 saturated carbocycles. The van der Waals surface area contributed by atoms with Crippen LogP contribution in [-0.2, 0) is 19.1 Å². The average molecular weight is 480 g/mol. The van der Waals surface area contributed by atoms with Gasteiger partial charge in [-0.1, -0.05) is 0 Å². The Morgan fingerprint density at radius 1 is 1.20 bits per heavy atom. The van der Waals surface area contributed by atoms with Crippen molar-refractivity contribution in [3.05, 3.63) is 52.2 Å². The van der Waals surface area contributed by atoms with E-state index in [9.17, 15) is 14.9 Å². The number of aromatic nitrogens is 1. The van der Waals surface area contributed by atoms with Crippen molar-refractivity contribution in [1.82, 2.24) is 4.98 Å². The number of fused-ring (bicyclic) bond motifs is 1. The van der Waals surface area contributed by atoms with Gasteiger partial charge in [0.1, 0.15) is 12.4 Å². The van der Waals surface area contributed by atoms with Gasteiger partial charge in [-0.2, -0.15) is 5.26 Å². The Kier molecular flexibility index (Phi) is 8.31. The number of ether oxygens (including phenoxy) is 4. The van der Waals surface area contributed by atoms with E-state index in [2.05, 4.69) is 16.4 Å². The Hall–Kier alpha value is -4.06. The minimum absolute atomic E-state index is 0.0500. The zero-order valence-electron chi connectivity index (χ0n) is 20.6. The number of nitrogens with zero attached hydrogens (tertiary/aromatic N) is 2. The molecule has 0 saturated heterocycles. The number of aryl methyl sites for hydroxylation is 1. The summed E-state index contributed by atoms with van der Waals surface area (Å²) in [7, 11) is 1.50. The molecule has 3 rings (SSSR count). The molecule has 1 atom stereocenters. The number of benzene rings is 1. The number of esters is 2. The zero-order chi connectivity index (χ0) is 25.5. The van der Waals surface area contributed by atoms with E-state index in [1.165, 1.54) is 7.11 Å². The molecule has 2 aromatic rings. The SMILES string of the molecule is CCOC(=O)CCOC(=O)C1=C(c2ccc(C#N)cc2OC)c2c(OCC)ncc(C)c2NC1C. The molecule has 1 aliphatic heterocycles. The molecule has 0 radical (unpaired) electrons. The van der Waals surface area contributed by atoms with Crippen LogP contribution in [-0.4, -0.2) is 49.9 Å². The minimum atomic E-state index is -0.592. The molecule has 0 bridgehead atoms. The first-order chi connectivity index (χ1) is 16.9. The van der Waals surface area contributed by atoms with Crippen LogP contribution in [0.25, 0.3) is 5.57 Å². The molecule has 1 aromatic carbocycles. The van der Waals surface area contributed by atoms with Crippen molar-refractivity contribution in [3.8, 4) is 17.7 Å². The lowest BCUT2D eigenvalue weighted by Gasteiger charge is -2.31. The molecule has 0 spiro atoms. The number of nitriles is 1. The number of pyridine rings is 1. The third-order valence-electron chi connectivity index (χ3n) is 5.49. The topological polar surface area (TPSA) is 120 Å². The highest BCUT2D eigenvalue weighted by atomic mass is 16.5. The summed E-state index contributed by atoms with van der Waals surface area (Å²) in [4.78, 5) is 29.6. The average Bonchev–Trinajstić information content (AvgIpc) is 2.85. The highest BCUT2D eigenvalue weighted by molar-refractivity contribution is 6.08. The molecule has 1 N–H and O–H groups in total. The first-order valence-electron chi connectivity index (χ1n) is 11.4. The van der Waals surface area contributed by atoms with E-state index < -0.39 is 18.0 Å². The molecule has 1 unspecified atom stereocenters. The Bertz CT molecular complexity index is 1200. The van der Waals surface area contributed by atoms with Gasteiger partial charge in [0.05, 0.1) is 61.2 Å². The van der Waals surface area contributed by atoms with E-state index in [1.807, 2.05) is 20.8 Å². The summed E-state index contributed by atoms with van der Waals surface area (Å²) in [5.74, 6) is -0.266. The molecule has 184 valence electrons. The molecule has 2 heterocycles. The normalized spacial score (nSPS) is 14.3. The van der Waals surface area contributed by atoms with Gasteiger partial charge in [0, 0.05) is 17.3 Å². The zero-order valence-corrected chi connectivity index (χ0v) is 20.6. The number of hydrogen-bond acceptors (Lipinski definition) is 9.